The van der Waals surface area contributed by atoms with Gasteiger partial charge in [-0.1, -0.05) is 0 Å². The van der Waals surface area contributed by atoms with Crippen LogP contribution in [0.5, 0.6) is 0 Å². The van der Waals surface area contributed by atoms with Gasteiger partial charge >= 0.3 is 0 Å². The Morgan fingerprint density at radius 2 is 1.91 bits per heavy atom. The molecule has 0 unspecified atom stereocenters. The topological polar surface area (TPSA) is 49.7 Å². The molecule has 1 rings (SSSR count). The number of nitrogens with zero attached hydrogens (tertiary/aromatic N) is 2. The van der Waals surface area contributed by atoms with Gasteiger partial charge in [0.2, 0.25) is 0 Å². The van der Waals surface area contributed by atoms with E-state index in [0.29, 0.717) is 0 Å². The molecule has 0 aromatic rings. The second kappa shape index (κ2) is 3.21. The minimum Gasteiger partial charge on any atom is -0.362 e. The highest BCUT2D eigenvalue weighted by Gasteiger charge is 2.07. The average molecular weight is 176 g/mol. The SMILES string of the molecule is CS(=O)(=O)/N=C/N1CCCC1. The highest BCUT2D eigenvalue weighted by molar-refractivity contribution is 7.89. The van der Waals surface area contributed by atoms with Crippen LogP contribution >= 0.6 is 0 Å². The molecule has 1 aliphatic rings. The van der Waals surface area contributed by atoms with E-state index in [1.54, 1.807) is 0 Å². The molecule has 0 aromatic carbocycles. The molecule has 0 bridgehead atoms. The van der Waals surface area contributed by atoms with Crippen LogP contribution in [0.15, 0.2) is 4.40 Å². The quantitative estimate of drug-likeness (QED) is 0.442. The Balaban J connectivity index is 2.47. The molecule has 0 radical (unpaired) electrons. The van der Waals surface area contributed by atoms with Crippen LogP contribution in [-0.2, 0) is 10.0 Å². The molecular weight excluding hydrogens is 164 g/mol. The Morgan fingerprint density at radius 1 is 1.36 bits per heavy atom. The summed E-state index contributed by atoms with van der Waals surface area (Å²) in [5, 5.41) is 0. The Labute approximate surface area is 67.0 Å². The van der Waals surface area contributed by atoms with Crippen LogP contribution in [0, 0.1) is 0 Å². The predicted molar refractivity (Wildman–Crippen MR) is 44.1 cm³/mol. The highest BCUT2D eigenvalue weighted by Crippen LogP contribution is 2.04. The molecule has 0 aromatic heterocycles. The summed E-state index contributed by atoms with van der Waals surface area (Å²) in [6, 6.07) is 0. The molecule has 1 aliphatic heterocycles. The van der Waals surface area contributed by atoms with Gasteiger partial charge in [-0.2, -0.15) is 4.40 Å². The lowest BCUT2D eigenvalue weighted by atomic mass is 10.4. The van der Waals surface area contributed by atoms with E-state index in [4.69, 9.17) is 0 Å². The molecule has 1 heterocycles. The third-order valence-electron chi connectivity index (χ3n) is 1.54. The summed E-state index contributed by atoms with van der Waals surface area (Å²) in [7, 11) is -3.18. The van der Waals surface area contributed by atoms with E-state index in [1.165, 1.54) is 6.34 Å². The molecule has 11 heavy (non-hydrogen) atoms. The maximum atomic E-state index is 10.6. The first-order valence-electron chi connectivity index (χ1n) is 3.57. The summed E-state index contributed by atoms with van der Waals surface area (Å²) in [5.41, 5.74) is 0. The van der Waals surface area contributed by atoms with Crippen LogP contribution < -0.4 is 0 Å². The van der Waals surface area contributed by atoms with E-state index in [1.807, 2.05) is 4.90 Å². The fraction of sp³-hybridized carbons (Fsp3) is 0.833. The van der Waals surface area contributed by atoms with Crippen molar-refractivity contribution < 1.29 is 8.42 Å². The van der Waals surface area contributed by atoms with Crippen molar-refractivity contribution in [2.45, 2.75) is 12.8 Å². The van der Waals surface area contributed by atoms with Crippen LogP contribution in [0.4, 0.5) is 0 Å². The maximum absolute atomic E-state index is 10.6. The Bertz CT molecular complexity index is 239. The second-order valence-corrected chi connectivity index (χ2v) is 4.37. The van der Waals surface area contributed by atoms with Crippen molar-refractivity contribution in [1.82, 2.24) is 4.90 Å². The van der Waals surface area contributed by atoms with E-state index >= 15 is 0 Å². The van der Waals surface area contributed by atoms with Gasteiger partial charge in [0.1, 0.15) is 6.34 Å². The molecule has 1 saturated heterocycles. The highest BCUT2D eigenvalue weighted by atomic mass is 32.2. The lowest BCUT2D eigenvalue weighted by Crippen LogP contribution is -2.17. The third kappa shape index (κ3) is 3.36. The zero-order chi connectivity index (χ0) is 8.32. The second-order valence-electron chi connectivity index (χ2n) is 2.70. The molecular formula is C6H12N2O2S. The minimum atomic E-state index is -3.18. The van der Waals surface area contributed by atoms with Gasteiger partial charge < -0.3 is 4.90 Å². The average Bonchev–Trinajstić information content (AvgIpc) is 2.32. The van der Waals surface area contributed by atoms with Crippen molar-refractivity contribution in [1.29, 1.82) is 0 Å². The van der Waals surface area contributed by atoms with Crippen LogP contribution in [0.2, 0.25) is 0 Å². The smallest absolute Gasteiger partial charge is 0.251 e. The normalized spacial score (nSPS) is 19.9. The molecule has 0 spiro atoms. The predicted octanol–water partition coefficient (Wildman–Crippen LogP) is 0.0701. The lowest BCUT2D eigenvalue weighted by molar-refractivity contribution is 0.535. The minimum absolute atomic E-state index is 0.930. The van der Waals surface area contributed by atoms with Crippen molar-refractivity contribution in [3.05, 3.63) is 0 Å². The Morgan fingerprint density at radius 3 is 2.36 bits per heavy atom. The van der Waals surface area contributed by atoms with E-state index in [0.717, 1.165) is 32.2 Å². The Kier molecular flexibility index (Phi) is 2.49. The fourth-order valence-corrected chi connectivity index (χ4v) is 1.31. The number of likely N-dealkylation sites (tertiary alicyclic amines) is 1. The van der Waals surface area contributed by atoms with E-state index in [2.05, 4.69) is 4.40 Å². The largest absolute Gasteiger partial charge is 0.362 e. The Hall–Kier alpha value is -0.580. The first kappa shape index (κ1) is 8.52. The molecule has 4 nitrogen and oxygen atoms in total. The van der Waals surface area contributed by atoms with Gasteiger partial charge in [0, 0.05) is 13.1 Å². The van der Waals surface area contributed by atoms with E-state index in [-0.39, 0.29) is 0 Å². The van der Waals surface area contributed by atoms with Gasteiger partial charge in [0.15, 0.2) is 0 Å². The molecule has 1 fully saturated rings. The first-order chi connectivity index (χ1) is 5.08. The fourth-order valence-electron chi connectivity index (χ4n) is 1.01. The number of sulfonamides is 1. The van der Waals surface area contributed by atoms with Crippen LogP contribution in [0.25, 0.3) is 0 Å². The summed E-state index contributed by atoms with van der Waals surface area (Å²) in [6.45, 7) is 1.86. The molecule has 0 saturated carbocycles. The van der Waals surface area contributed by atoms with E-state index < -0.39 is 10.0 Å². The summed E-state index contributed by atoms with van der Waals surface area (Å²) in [6.07, 6.45) is 4.79. The van der Waals surface area contributed by atoms with Crippen LogP contribution in [0.3, 0.4) is 0 Å². The van der Waals surface area contributed by atoms with Gasteiger partial charge in [0.25, 0.3) is 10.0 Å². The van der Waals surface area contributed by atoms with Crippen molar-refractivity contribution in [2.24, 2.45) is 4.40 Å². The summed E-state index contributed by atoms with van der Waals surface area (Å²) < 4.78 is 24.5. The van der Waals surface area contributed by atoms with Crippen molar-refractivity contribution >= 4 is 16.4 Å². The zero-order valence-corrected chi connectivity index (χ0v) is 7.34. The molecule has 0 N–H and O–H groups in total. The van der Waals surface area contributed by atoms with E-state index in [9.17, 15) is 8.42 Å². The van der Waals surface area contributed by atoms with Crippen molar-refractivity contribution in [2.75, 3.05) is 19.3 Å². The third-order valence-corrected chi connectivity index (χ3v) is 2.02. The summed E-state index contributed by atoms with van der Waals surface area (Å²) >= 11 is 0. The number of hydrogen-bond donors (Lipinski definition) is 0. The van der Waals surface area contributed by atoms with Gasteiger partial charge in [0.05, 0.1) is 6.26 Å². The standard InChI is InChI=1S/C6H12N2O2S/c1-11(9,10)7-6-8-4-2-3-5-8/h6H,2-5H2,1H3/b7-6+. The summed E-state index contributed by atoms with van der Waals surface area (Å²) in [4.78, 5) is 1.92. The van der Waals surface area contributed by atoms with Crippen LogP contribution in [0.1, 0.15) is 12.8 Å². The molecule has 0 aliphatic carbocycles. The zero-order valence-electron chi connectivity index (χ0n) is 6.52. The molecule has 0 amide bonds. The lowest BCUT2D eigenvalue weighted by Gasteiger charge is -2.07. The maximum Gasteiger partial charge on any atom is 0.251 e. The monoisotopic (exact) mass is 176 g/mol. The van der Waals surface area contributed by atoms with Gasteiger partial charge in [-0.3, -0.25) is 0 Å². The number of hydrogen-bond acceptors (Lipinski definition) is 2. The van der Waals surface area contributed by atoms with Gasteiger partial charge in [-0.15, -0.1) is 0 Å². The molecule has 64 valence electrons. The summed E-state index contributed by atoms with van der Waals surface area (Å²) in [5.74, 6) is 0. The first-order valence-corrected chi connectivity index (χ1v) is 5.42. The van der Waals surface area contributed by atoms with Gasteiger partial charge in [-0.05, 0) is 12.8 Å². The van der Waals surface area contributed by atoms with Gasteiger partial charge in [-0.25, -0.2) is 8.42 Å². The van der Waals surface area contributed by atoms with Crippen molar-refractivity contribution in [3.63, 3.8) is 0 Å². The number of rotatable bonds is 2. The van der Waals surface area contributed by atoms with Crippen molar-refractivity contribution in [3.8, 4) is 0 Å². The molecule has 5 heteroatoms. The van der Waals surface area contributed by atoms with Crippen LogP contribution in [-0.4, -0.2) is 39.0 Å². The molecule has 0 atom stereocenters.